The zero-order chi connectivity index (χ0) is 59.5. The molecule has 1 amide bonds. The van der Waals surface area contributed by atoms with Crippen molar-refractivity contribution in [2.45, 2.75) is 383 Å². The fraction of sp³-hybridized carbons (Fsp3) is 0.926. The molecule has 14 heteroatoms. The molecule has 2 aliphatic heterocycles. The van der Waals surface area contributed by atoms with Gasteiger partial charge in [0, 0.05) is 6.42 Å². The lowest BCUT2D eigenvalue weighted by molar-refractivity contribution is -0.359. The molecule has 0 radical (unpaired) electrons. The molecule has 12 unspecified atom stereocenters. The second kappa shape index (κ2) is 53.7. The zero-order valence-electron chi connectivity index (χ0n) is 52.5. The van der Waals surface area contributed by atoms with E-state index < -0.39 is 86.8 Å². The Morgan fingerprint density at radius 2 is 0.780 bits per heavy atom. The van der Waals surface area contributed by atoms with Crippen molar-refractivity contribution >= 4 is 5.91 Å². The van der Waals surface area contributed by atoms with E-state index >= 15 is 0 Å². The SMILES string of the molecule is CCCCCCCCCCCCC/C=C/CC/C=C/C(O)C(COC1OC(CO)C(OC2OC(CO)C(O)C(O)C2O)C(O)C1O)NC(=O)CCCCCCCCCCCCCCCCCCCCCCCCCCCCCCCCC. The number of hydrogen-bond acceptors (Lipinski definition) is 13. The average molecular weight is 1170 g/mol. The molecule has 484 valence electrons. The third kappa shape index (κ3) is 37.9. The third-order valence-corrected chi connectivity index (χ3v) is 17.1. The van der Waals surface area contributed by atoms with Crippen LogP contribution in [-0.2, 0) is 23.7 Å². The van der Waals surface area contributed by atoms with Gasteiger partial charge in [0.2, 0.25) is 5.91 Å². The molecule has 2 saturated heterocycles. The van der Waals surface area contributed by atoms with Gasteiger partial charge in [-0.05, 0) is 32.1 Å². The summed E-state index contributed by atoms with van der Waals surface area (Å²) in [5.41, 5.74) is 0. The number of carbonyl (C=O) groups excluding carboxylic acids is 1. The lowest BCUT2D eigenvalue weighted by Gasteiger charge is -2.46. The van der Waals surface area contributed by atoms with Crippen molar-refractivity contribution < 1.29 is 64.6 Å². The number of amides is 1. The molecule has 12 atom stereocenters. The molecule has 2 aliphatic rings. The summed E-state index contributed by atoms with van der Waals surface area (Å²) < 4.78 is 22.8. The Labute approximate surface area is 500 Å². The summed E-state index contributed by atoms with van der Waals surface area (Å²) in [5.74, 6) is -0.242. The van der Waals surface area contributed by atoms with Gasteiger partial charge in [-0.15, -0.1) is 0 Å². The van der Waals surface area contributed by atoms with E-state index in [0.29, 0.717) is 12.8 Å². The largest absolute Gasteiger partial charge is 0.394 e. The normalized spacial score (nSPS) is 24.0. The Kier molecular flexibility index (Phi) is 50.1. The van der Waals surface area contributed by atoms with Crippen LogP contribution in [0, 0.1) is 0 Å². The first kappa shape index (κ1) is 76.6. The van der Waals surface area contributed by atoms with E-state index in [0.717, 1.165) is 32.1 Å². The van der Waals surface area contributed by atoms with Gasteiger partial charge in [0.15, 0.2) is 12.6 Å². The molecule has 2 heterocycles. The van der Waals surface area contributed by atoms with Crippen molar-refractivity contribution in [1.29, 1.82) is 0 Å². The van der Waals surface area contributed by atoms with Crippen molar-refractivity contribution in [3.05, 3.63) is 24.3 Å². The van der Waals surface area contributed by atoms with Crippen LogP contribution in [-0.4, -0.2) is 140 Å². The topological polar surface area (TPSA) is 228 Å². The molecule has 2 fully saturated rings. The van der Waals surface area contributed by atoms with Gasteiger partial charge in [-0.2, -0.15) is 0 Å². The summed E-state index contributed by atoms with van der Waals surface area (Å²) >= 11 is 0. The summed E-state index contributed by atoms with van der Waals surface area (Å²) in [4.78, 5) is 13.3. The minimum atomic E-state index is -1.79. The predicted octanol–water partition coefficient (Wildman–Crippen LogP) is 13.6. The molecule has 0 spiro atoms. The number of carbonyl (C=O) groups is 1. The average Bonchev–Trinajstić information content (AvgIpc) is 3.53. The second-order valence-electron chi connectivity index (χ2n) is 24.7. The third-order valence-electron chi connectivity index (χ3n) is 17.1. The molecule has 0 aromatic rings. The van der Waals surface area contributed by atoms with Crippen molar-refractivity contribution in [3.8, 4) is 0 Å². The first-order chi connectivity index (χ1) is 40.1. The number of aliphatic hydroxyl groups excluding tert-OH is 8. The molecular weight excluding hydrogens is 1040 g/mol. The molecular formula is C68H129NO13. The van der Waals surface area contributed by atoms with Gasteiger partial charge in [0.25, 0.3) is 0 Å². The molecule has 2 rings (SSSR count). The van der Waals surface area contributed by atoms with Crippen molar-refractivity contribution in [1.82, 2.24) is 5.32 Å². The minimum absolute atomic E-state index is 0.242. The summed E-state index contributed by atoms with van der Waals surface area (Å²) in [5, 5.41) is 87.3. The van der Waals surface area contributed by atoms with Crippen LogP contribution in [0.25, 0.3) is 0 Å². The van der Waals surface area contributed by atoms with Gasteiger partial charge in [0.1, 0.15) is 48.8 Å². The van der Waals surface area contributed by atoms with Gasteiger partial charge in [-0.25, -0.2) is 0 Å². The fourth-order valence-electron chi connectivity index (χ4n) is 11.6. The van der Waals surface area contributed by atoms with Crippen LogP contribution < -0.4 is 5.32 Å². The van der Waals surface area contributed by atoms with Crippen LogP contribution in [0.2, 0.25) is 0 Å². The second-order valence-corrected chi connectivity index (χ2v) is 24.7. The van der Waals surface area contributed by atoms with E-state index in [9.17, 15) is 45.6 Å². The molecule has 0 saturated carbocycles. The highest BCUT2D eigenvalue weighted by atomic mass is 16.7. The summed E-state index contributed by atoms with van der Waals surface area (Å²) in [6.07, 6.45) is 49.6. The van der Waals surface area contributed by atoms with Crippen LogP contribution in [0.5, 0.6) is 0 Å². The van der Waals surface area contributed by atoms with E-state index in [-0.39, 0.29) is 18.9 Å². The Morgan fingerprint density at radius 3 is 1.20 bits per heavy atom. The fourth-order valence-corrected chi connectivity index (χ4v) is 11.6. The highest BCUT2D eigenvalue weighted by molar-refractivity contribution is 5.76. The van der Waals surface area contributed by atoms with Gasteiger partial charge < -0.3 is 65.1 Å². The Balaban J connectivity index is 1.65. The van der Waals surface area contributed by atoms with Gasteiger partial charge >= 0.3 is 0 Å². The smallest absolute Gasteiger partial charge is 0.220 e. The van der Waals surface area contributed by atoms with Crippen LogP contribution >= 0.6 is 0 Å². The maximum atomic E-state index is 13.3. The number of hydrogen-bond donors (Lipinski definition) is 9. The first-order valence-electron chi connectivity index (χ1n) is 34.6. The summed E-state index contributed by atoms with van der Waals surface area (Å²) in [6, 6.07) is -0.928. The zero-order valence-corrected chi connectivity index (χ0v) is 52.5. The highest BCUT2D eigenvalue weighted by Gasteiger charge is 2.51. The highest BCUT2D eigenvalue weighted by Crippen LogP contribution is 2.30. The number of aliphatic hydroxyl groups is 8. The summed E-state index contributed by atoms with van der Waals surface area (Å²) in [6.45, 7) is 2.82. The van der Waals surface area contributed by atoms with E-state index in [1.165, 1.54) is 244 Å². The maximum absolute atomic E-state index is 13.3. The Morgan fingerprint density at radius 1 is 0.427 bits per heavy atom. The molecule has 14 nitrogen and oxygen atoms in total. The lowest BCUT2D eigenvalue weighted by atomic mass is 9.97. The van der Waals surface area contributed by atoms with Crippen LogP contribution in [0.15, 0.2) is 24.3 Å². The quantitative estimate of drug-likeness (QED) is 0.0204. The van der Waals surface area contributed by atoms with Gasteiger partial charge in [-0.1, -0.05) is 295 Å². The maximum Gasteiger partial charge on any atom is 0.220 e. The number of unbranched alkanes of at least 4 members (excludes halogenated alkanes) is 42. The van der Waals surface area contributed by atoms with Crippen molar-refractivity contribution in [2.24, 2.45) is 0 Å². The summed E-state index contributed by atoms with van der Waals surface area (Å²) in [7, 11) is 0. The van der Waals surface area contributed by atoms with Gasteiger partial charge in [-0.3, -0.25) is 4.79 Å². The van der Waals surface area contributed by atoms with Gasteiger partial charge in [0.05, 0.1) is 32.0 Å². The predicted molar refractivity (Wildman–Crippen MR) is 332 cm³/mol. The Bertz CT molecular complexity index is 1470. The first-order valence-corrected chi connectivity index (χ1v) is 34.6. The van der Waals surface area contributed by atoms with E-state index in [4.69, 9.17) is 18.9 Å². The van der Waals surface area contributed by atoms with Crippen molar-refractivity contribution in [2.75, 3.05) is 19.8 Å². The number of ether oxygens (including phenoxy) is 4. The number of rotatable bonds is 57. The monoisotopic (exact) mass is 1170 g/mol. The lowest BCUT2D eigenvalue weighted by Crippen LogP contribution is -2.65. The molecule has 0 aromatic carbocycles. The van der Waals surface area contributed by atoms with Crippen LogP contribution in [0.3, 0.4) is 0 Å². The van der Waals surface area contributed by atoms with E-state index in [1.807, 2.05) is 6.08 Å². The standard InChI is InChI=1S/C68H129NO13/c1-3-5-7-9-11-13-15-17-19-21-22-23-24-25-26-27-28-29-30-31-32-33-34-36-38-40-42-44-46-48-50-52-60(73)69-56(57(72)51-49-47-45-43-41-39-37-35-20-18-16-14-12-10-8-6-4-2)55-79-67-65(78)63(76)66(59(54-71)81-67)82-68-64(77)62(75)61(74)58(53-70)80-68/h41,43,49,51,56-59,61-68,70-72,74-78H,3-40,42,44-48,50,52-55H2,1-2H3,(H,69,73)/b43-41+,51-49+. The number of allylic oxidation sites excluding steroid dienone is 3. The molecule has 0 bridgehead atoms. The molecule has 0 aromatic heterocycles. The Hall–Kier alpha value is -1.53. The molecule has 9 N–H and O–H groups in total. The van der Waals surface area contributed by atoms with E-state index in [2.05, 4.69) is 31.3 Å². The molecule has 0 aliphatic carbocycles. The minimum Gasteiger partial charge on any atom is -0.394 e. The van der Waals surface area contributed by atoms with Crippen molar-refractivity contribution in [3.63, 3.8) is 0 Å². The molecule has 82 heavy (non-hydrogen) atoms. The van der Waals surface area contributed by atoms with Crippen LogP contribution in [0.1, 0.15) is 309 Å². The van der Waals surface area contributed by atoms with E-state index in [1.54, 1.807) is 6.08 Å². The number of nitrogens with one attached hydrogen (secondary N) is 1. The van der Waals surface area contributed by atoms with Crippen LogP contribution in [0.4, 0.5) is 0 Å².